The first-order chi connectivity index (χ1) is 5.29. The molecule has 3 nitrogen and oxygen atoms in total. The number of carbonyl (C=O) groups excluding carboxylic acids is 2. The van der Waals surface area contributed by atoms with Crippen LogP contribution in [0.2, 0.25) is 0 Å². The highest BCUT2D eigenvalue weighted by molar-refractivity contribution is 6.04. The van der Waals surface area contributed by atoms with Crippen molar-refractivity contribution < 1.29 is 9.59 Å². The molecule has 3 heteroatoms. The maximum absolute atomic E-state index is 11.0. The van der Waals surface area contributed by atoms with Crippen LogP contribution < -0.4 is 5.32 Å². The van der Waals surface area contributed by atoms with Gasteiger partial charge in [-0.05, 0) is 12.8 Å². The van der Waals surface area contributed by atoms with E-state index in [0.29, 0.717) is 0 Å². The fourth-order valence-electron chi connectivity index (χ4n) is 2.00. The summed E-state index contributed by atoms with van der Waals surface area (Å²) in [5.74, 6) is -0.424. The molecule has 0 unspecified atom stereocenters. The standard InChI is InChI=1S/C8H10NO2/c10-7-5-3-1-2-4-6(5)8(11)9-7/h5-6H,1-4H2/t5-,6+. The predicted octanol–water partition coefficient (Wildman–Crippen LogP) is 0.464. The van der Waals surface area contributed by atoms with Gasteiger partial charge in [0.15, 0.2) is 0 Å². The van der Waals surface area contributed by atoms with Gasteiger partial charge in [0.1, 0.15) is 0 Å². The Morgan fingerprint density at radius 1 is 1.00 bits per heavy atom. The van der Waals surface area contributed by atoms with Crippen LogP contribution in [0.5, 0.6) is 0 Å². The monoisotopic (exact) mass is 152 g/mol. The first-order valence-electron chi connectivity index (χ1n) is 4.08. The van der Waals surface area contributed by atoms with Gasteiger partial charge in [-0.3, -0.25) is 9.59 Å². The number of fused-ring (bicyclic) bond motifs is 1. The molecule has 2 fully saturated rings. The molecule has 0 aromatic heterocycles. The van der Waals surface area contributed by atoms with E-state index >= 15 is 0 Å². The Balaban J connectivity index is 2.19. The molecule has 1 heterocycles. The lowest BCUT2D eigenvalue weighted by atomic mass is 9.81. The zero-order valence-electron chi connectivity index (χ0n) is 6.25. The number of amides is 2. The molecule has 0 N–H and O–H groups in total. The van der Waals surface area contributed by atoms with Crippen molar-refractivity contribution in [2.24, 2.45) is 11.8 Å². The van der Waals surface area contributed by atoms with Crippen LogP contribution in [-0.2, 0) is 9.59 Å². The van der Waals surface area contributed by atoms with Crippen LogP contribution in [0.4, 0.5) is 0 Å². The van der Waals surface area contributed by atoms with E-state index in [1.807, 2.05) is 0 Å². The van der Waals surface area contributed by atoms with Gasteiger partial charge in [0.2, 0.25) is 0 Å². The van der Waals surface area contributed by atoms with Gasteiger partial charge >= 0.3 is 0 Å². The zero-order chi connectivity index (χ0) is 7.84. The average Bonchev–Trinajstić information content (AvgIpc) is 2.30. The van der Waals surface area contributed by atoms with Crippen LogP contribution >= 0.6 is 0 Å². The molecule has 1 saturated heterocycles. The largest absolute Gasteiger partial charge is 0.272 e. The Hall–Kier alpha value is -0.860. The van der Waals surface area contributed by atoms with E-state index in [1.165, 1.54) is 0 Å². The average molecular weight is 152 g/mol. The molecule has 0 bridgehead atoms. The summed E-state index contributed by atoms with van der Waals surface area (Å²) < 4.78 is 0. The summed E-state index contributed by atoms with van der Waals surface area (Å²) in [5.41, 5.74) is 0. The van der Waals surface area contributed by atoms with Gasteiger partial charge in [-0.2, -0.15) is 5.32 Å². The number of hydrogen-bond donors (Lipinski definition) is 0. The number of hydrogen-bond acceptors (Lipinski definition) is 2. The maximum Gasteiger partial charge on any atom is 0.252 e. The summed E-state index contributed by atoms with van der Waals surface area (Å²) in [7, 11) is 0. The lowest BCUT2D eigenvalue weighted by Gasteiger charge is -2.19. The molecule has 11 heavy (non-hydrogen) atoms. The van der Waals surface area contributed by atoms with Crippen molar-refractivity contribution in [3.8, 4) is 0 Å². The van der Waals surface area contributed by atoms with Crippen molar-refractivity contribution in [3.05, 3.63) is 0 Å². The molecule has 59 valence electrons. The van der Waals surface area contributed by atoms with Gasteiger partial charge in [0.25, 0.3) is 11.8 Å². The molecule has 2 aliphatic rings. The van der Waals surface area contributed by atoms with E-state index in [0.717, 1.165) is 25.7 Å². The van der Waals surface area contributed by atoms with Gasteiger partial charge in [-0.1, -0.05) is 12.8 Å². The third kappa shape index (κ3) is 0.951. The van der Waals surface area contributed by atoms with Gasteiger partial charge < -0.3 is 0 Å². The third-order valence-corrected chi connectivity index (χ3v) is 2.62. The van der Waals surface area contributed by atoms with E-state index in [1.54, 1.807) is 0 Å². The summed E-state index contributed by atoms with van der Waals surface area (Å²) in [6.07, 6.45) is 3.91. The minimum Gasteiger partial charge on any atom is -0.272 e. The van der Waals surface area contributed by atoms with E-state index in [-0.39, 0.29) is 23.7 Å². The van der Waals surface area contributed by atoms with Crippen LogP contribution in [0.15, 0.2) is 0 Å². The fraction of sp³-hybridized carbons (Fsp3) is 0.750. The first-order valence-corrected chi connectivity index (χ1v) is 4.08. The van der Waals surface area contributed by atoms with Crippen molar-refractivity contribution in [2.75, 3.05) is 0 Å². The molecule has 1 radical (unpaired) electrons. The molecule has 1 saturated carbocycles. The van der Waals surface area contributed by atoms with Crippen LogP contribution in [0.3, 0.4) is 0 Å². The third-order valence-electron chi connectivity index (χ3n) is 2.62. The molecule has 1 aliphatic heterocycles. The van der Waals surface area contributed by atoms with Crippen LogP contribution in [-0.4, -0.2) is 11.8 Å². The molecular formula is C8H10NO2. The highest BCUT2D eigenvalue weighted by atomic mass is 16.2. The highest BCUT2D eigenvalue weighted by Crippen LogP contribution is 2.34. The lowest BCUT2D eigenvalue weighted by Crippen LogP contribution is -2.21. The first kappa shape index (κ1) is 6.83. The molecule has 0 aromatic rings. The van der Waals surface area contributed by atoms with Gasteiger partial charge in [-0.25, -0.2) is 0 Å². The van der Waals surface area contributed by atoms with Crippen molar-refractivity contribution >= 4 is 11.8 Å². The molecule has 1 aliphatic carbocycles. The topological polar surface area (TPSA) is 48.2 Å². The summed E-state index contributed by atoms with van der Waals surface area (Å²) in [4.78, 5) is 22.1. The molecule has 2 amide bonds. The molecule has 0 aromatic carbocycles. The SMILES string of the molecule is O=C1[N]C(=O)[C@@H]2CCCC[C@H]12. The molecule has 2 atom stereocenters. The van der Waals surface area contributed by atoms with Gasteiger partial charge in [0, 0.05) is 0 Å². The second-order valence-electron chi connectivity index (χ2n) is 3.29. The summed E-state index contributed by atoms with van der Waals surface area (Å²) in [6.45, 7) is 0. The summed E-state index contributed by atoms with van der Waals surface area (Å²) in [5, 5.41) is 3.46. The Morgan fingerprint density at radius 2 is 1.45 bits per heavy atom. The number of nitrogens with zero attached hydrogens (tertiary/aromatic N) is 1. The number of imide groups is 1. The van der Waals surface area contributed by atoms with E-state index < -0.39 is 0 Å². The second-order valence-corrected chi connectivity index (χ2v) is 3.29. The van der Waals surface area contributed by atoms with Crippen molar-refractivity contribution in [1.82, 2.24) is 5.32 Å². The quantitative estimate of drug-likeness (QED) is 0.473. The maximum atomic E-state index is 11.0. The lowest BCUT2D eigenvalue weighted by molar-refractivity contribution is -0.126. The highest BCUT2D eigenvalue weighted by Gasteiger charge is 2.43. The Kier molecular flexibility index (Phi) is 1.44. The number of rotatable bonds is 0. The van der Waals surface area contributed by atoms with Crippen LogP contribution in [0.25, 0.3) is 0 Å². The Morgan fingerprint density at radius 3 is 1.91 bits per heavy atom. The zero-order valence-corrected chi connectivity index (χ0v) is 6.25. The minimum absolute atomic E-state index is 0.0451. The van der Waals surface area contributed by atoms with Crippen LogP contribution in [0.1, 0.15) is 25.7 Å². The summed E-state index contributed by atoms with van der Waals surface area (Å²) >= 11 is 0. The smallest absolute Gasteiger partial charge is 0.252 e. The van der Waals surface area contributed by atoms with E-state index in [2.05, 4.69) is 5.32 Å². The van der Waals surface area contributed by atoms with Crippen molar-refractivity contribution in [3.63, 3.8) is 0 Å². The molecule has 0 spiro atoms. The summed E-state index contributed by atoms with van der Waals surface area (Å²) in [6, 6.07) is 0. The molecular weight excluding hydrogens is 142 g/mol. The normalized spacial score (nSPS) is 36.7. The van der Waals surface area contributed by atoms with Crippen molar-refractivity contribution in [1.29, 1.82) is 0 Å². The number of carbonyl (C=O) groups is 2. The van der Waals surface area contributed by atoms with Gasteiger partial charge in [-0.15, -0.1) is 0 Å². The van der Waals surface area contributed by atoms with Crippen molar-refractivity contribution in [2.45, 2.75) is 25.7 Å². The fourth-order valence-corrected chi connectivity index (χ4v) is 2.00. The predicted molar refractivity (Wildman–Crippen MR) is 37.6 cm³/mol. The Bertz CT molecular complexity index is 190. The van der Waals surface area contributed by atoms with Gasteiger partial charge in [0.05, 0.1) is 11.8 Å². The van der Waals surface area contributed by atoms with E-state index in [9.17, 15) is 9.59 Å². The van der Waals surface area contributed by atoms with Crippen LogP contribution in [0, 0.1) is 11.8 Å². The molecule has 2 rings (SSSR count). The Labute approximate surface area is 65.2 Å². The van der Waals surface area contributed by atoms with E-state index in [4.69, 9.17) is 0 Å². The minimum atomic E-state index is -0.167. The second kappa shape index (κ2) is 2.32.